The zero-order valence-corrected chi connectivity index (χ0v) is 6.05. The quantitative estimate of drug-likeness (QED) is 0.604. The zero-order valence-electron chi connectivity index (χ0n) is 5.30. The number of carbonyl (C=O) groups is 1. The Bertz CT molecular complexity index is 102. The van der Waals surface area contributed by atoms with Crippen LogP contribution in [0.1, 0.15) is 13.8 Å². The Morgan fingerprint density at radius 3 is 2.22 bits per heavy atom. The summed E-state index contributed by atoms with van der Waals surface area (Å²) >= 11 is 4.84. The highest BCUT2D eigenvalue weighted by molar-refractivity contribution is 6.61. The van der Waals surface area contributed by atoms with Crippen molar-refractivity contribution >= 4 is 17.0 Å². The Kier molecular flexibility index (Phi) is 3.58. The van der Waals surface area contributed by atoms with Gasteiger partial charge in [-0.05, 0) is 13.8 Å². The van der Waals surface area contributed by atoms with Gasteiger partial charge in [-0.15, -0.1) is 0 Å². The summed E-state index contributed by atoms with van der Waals surface area (Å²) in [6, 6.07) is 0. The molecule has 0 spiro atoms. The van der Waals surface area contributed by atoms with E-state index in [9.17, 15) is 4.79 Å². The molecule has 4 heteroatoms. The Hall–Kier alpha value is -0.280. The monoisotopic (exact) mass is 152 g/mol. The molecule has 0 heterocycles. The van der Waals surface area contributed by atoms with Crippen molar-refractivity contribution in [3.8, 4) is 0 Å². The molecule has 0 rings (SSSR count). The van der Waals surface area contributed by atoms with Crippen molar-refractivity contribution in [1.29, 1.82) is 0 Å². The SMILES string of the molecule is CC(O)C(C)OC(=O)Cl. The van der Waals surface area contributed by atoms with Gasteiger partial charge in [-0.25, -0.2) is 4.79 Å². The van der Waals surface area contributed by atoms with E-state index in [1.54, 1.807) is 6.92 Å². The van der Waals surface area contributed by atoms with Crippen LogP contribution < -0.4 is 0 Å². The van der Waals surface area contributed by atoms with E-state index in [-0.39, 0.29) is 0 Å². The highest BCUT2D eigenvalue weighted by Gasteiger charge is 2.11. The lowest BCUT2D eigenvalue weighted by molar-refractivity contribution is 0.0339. The number of aliphatic hydroxyl groups excluding tert-OH is 1. The van der Waals surface area contributed by atoms with Gasteiger partial charge < -0.3 is 9.84 Å². The summed E-state index contributed by atoms with van der Waals surface area (Å²) < 4.78 is 4.39. The average Bonchev–Trinajstić information content (AvgIpc) is 1.63. The number of rotatable bonds is 2. The van der Waals surface area contributed by atoms with Crippen molar-refractivity contribution in [2.45, 2.75) is 26.1 Å². The third-order valence-corrected chi connectivity index (χ3v) is 1.05. The number of carbonyl (C=O) groups excluding carboxylic acids is 1. The summed E-state index contributed by atoms with van der Waals surface area (Å²) in [5.74, 6) is 0. The second-order valence-electron chi connectivity index (χ2n) is 1.80. The second-order valence-corrected chi connectivity index (χ2v) is 2.11. The molecule has 0 saturated carbocycles. The normalized spacial score (nSPS) is 16.4. The maximum Gasteiger partial charge on any atom is 0.404 e. The van der Waals surface area contributed by atoms with E-state index in [0.29, 0.717) is 0 Å². The minimum atomic E-state index is -0.886. The molecule has 0 aliphatic heterocycles. The van der Waals surface area contributed by atoms with E-state index in [1.807, 2.05) is 0 Å². The number of aliphatic hydroxyl groups is 1. The summed E-state index contributed by atoms with van der Waals surface area (Å²) in [7, 11) is 0. The predicted molar refractivity (Wildman–Crippen MR) is 33.5 cm³/mol. The number of hydrogen-bond donors (Lipinski definition) is 1. The minimum absolute atomic E-state index is 0.532. The molecular weight excluding hydrogens is 144 g/mol. The van der Waals surface area contributed by atoms with Crippen molar-refractivity contribution in [3.63, 3.8) is 0 Å². The average molecular weight is 153 g/mol. The van der Waals surface area contributed by atoms with Gasteiger partial charge in [0.05, 0.1) is 6.10 Å². The van der Waals surface area contributed by atoms with Crippen LogP contribution in [0.25, 0.3) is 0 Å². The third kappa shape index (κ3) is 4.24. The molecule has 0 radical (unpaired) electrons. The van der Waals surface area contributed by atoms with Gasteiger partial charge in [0.2, 0.25) is 0 Å². The molecule has 0 aromatic rings. The van der Waals surface area contributed by atoms with E-state index in [2.05, 4.69) is 4.74 Å². The van der Waals surface area contributed by atoms with Crippen LogP contribution in [-0.4, -0.2) is 22.7 Å². The van der Waals surface area contributed by atoms with Crippen molar-refractivity contribution in [2.24, 2.45) is 0 Å². The molecule has 0 bridgehead atoms. The molecule has 54 valence electrons. The molecule has 2 atom stereocenters. The fourth-order valence-electron chi connectivity index (χ4n) is 0.245. The molecule has 0 saturated heterocycles. The lowest BCUT2D eigenvalue weighted by atomic mass is 10.3. The zero-order chi connectivity index (χ0) is 7.44. The van der Waals surface area contributed by atoms with Crippen LogP contribution in [-0.2, 0) is 4.74 Å². The third-order valence-electron chi connectivity index (χ3n) is 0.958. The first kappa shape index (κ1) is 8.72. The number of ether oxygens (including phenoxy) is 1. The smallest absolute Gasteiger partial charge is 0.404 e. The summed E-state index contributed by atoms with van der Waals surface area (Å²) in [6.45, 7) is 3.08. The van der Waals surface area contributed by atoms with Crippen molar-refractivity contribution in [3.05, 3.63) is 0 Å². The second kappa shape index (κ2) is 3.69. The maximum atomic E-state index is 9.99. The lowest BCUT2D eigenvalue weighted by Crippen LogP contribution is -2.23. The molecule has 1 N–H and O–H groups in total. The van der Waals surface area contributed by atoms with E-state index in [4.69, 9.17) is 16.7 Å². The Morgan fingerprint density at radius 2 is 2.11 bits per heavy atom. The van der Waals surface area contributed by atoms with Crippen LogP contribution >= 0.6 is 11.6 Å². The van der Waals surface area contributed by atoms with Crippen molar-refractivity contribution in [1.82, 2.24) is 0 Å². The number of hydrogen-bond acceptors (Lipinski definition) is 3. The number of halogens is 1. The highest BCUT2D eigenvalue weighted by atomic mass is 35.5. The summed E-state index contributed by atoms with van der Waals surface area (Å²) in [6.07, 6.45) is -1.21. The molecule has 0 aromatic heterocycles. The first-order valence-electron chi connectivity index (χ1n) is 2.58. The van der Waals surface area contributed by atoms with E-state index >= 15 is 0 Å². The van der Waals surface area contributed by atoms with E-state index in [0.717, 1.165) is 0 Å². The fraction of sp³-hybridized carbons (Fsp3) is 0.800. The molecule has 2 unspecified atom stereocenters. The first-order valence-corrected chi connectivity index (χ1v) is 2.96. The summed E-state index contributed by atoms with van der Waals surface area (Å²) in [5, 5.41) is 8.73. The maximum absolute atomic E-state index is 9.99. The summed E-state index contributed by atoms with van der Waals surface area (Å²) in [4.78, 5) is 9.99. The Balaban J connectivity index is 3.50. The Labute approximate surface area is 58.6 Å². The van der Waals surface area contributed by atoms with Crippen LogP contribution in [0.5, 0.6) is 0 Å². The minimum Gasteiger partial charge on any atom is -0.448 e. The largest absolute Gasteiger partial charge is 0.448 e. The van der Waals surface area contributed by atoms with Gasteiger partial charge in [0.25, 0.3) is 0 Å². The van der Waals surface area contributed by atoms with Gasteiger partial charge >= 0.3 is 5.43 Å². The Morgan fingerprint density at radius 1 is 1.67 bits per heavy atom. The van der Waals surface area contributed by atoms with Crippen LogP contribution in [0.3, 0.4) is 0 Å². The van der Waals surface area contributed by atoms with E-state index in [1.165, 1.54) is 6.92 Å². The lowest BCUT2D eigenvalue weighted by Gasteiger charge is -2.12. The molecule has 3 nitrogen and oxygen atoms in total. The molecule has 0 fully saturated rings. The molecule has 9 heavy (non-hydrogen) atoms. The van der Waals surface area contributed by atoms with Gasteiger partial charge in [-0.1, -0.05) is 0 Å². The van der Waals surface area contributed by atoms with Crippen LogP contribution in [0.15, 0.2) is 0 Å². The van der Waals surface area contributed by atoms with Gasteiger partial charge in [0.15, 0.2) is 0 Å². The van der Waals surface area contributed by atoms with Crippen LogP contribution in [0.2, 0.25) is 0 Å². The van der Waals surface area contributed by atoms with E-state index < -0.39 is 17.6 Å². The molecular formula is C5H9ClO3. The van der Waals surface area contributed by atoms with Gasteiger partial charge in [0.1, 0.15) is 6.10 Å². The highest BCUT2D eigenvalue weighted by Crippen LogP contribution is 2.00. The van der Waals surface area contributed by atoms with Gasteiger partial charge in [-0.3, -0.25) is 0 Å². The van der Waals surface area contributed by atoms with Crippen LogP contribution in [0, 0.1) is 0 Å². The predicted octanol–water partition coefficient (Wildman–Crippen LogP) is 1.13. The fourth-order valence-corrected chi connectivity index (χ4v) is 0.385. The molecule has 0 aromatic carbocycles. The van der Waals surface area contributed by atoms with Crippen molar-refractivity contribution < 1.29 is 14.6 Å². The molecule has 0 amide bonds. The van der Waals surface area contributed by atoms with Crippen LogP contribution in [0.4, 0.5) is 4.79 Å². The standard InChI is InChI=1S/C5H9ClO3/c1-3(7)4(2)9-5(6)8/h3-4,7H,1-2H3. The van der Waals surface area contributed by atoms with Gasteiger partial charge in [-0.2, -0.15) is 0 Å². The molecule has 0 aliphatic carbocycles. The summed E-state index contributed by atoms with van der Waals surface area (Å²) in [5.41, 5.74) is -0.886. The van der Waals surface area contributed by atoms with Gasteiger partial charge in [0, 0.05) is 11.6 Å². The first-order chi connectivity index (χ1) is 4.04. The topological polar surface area (TPSA) is 46.5 Å². The molecule has 0 aliphatic rings. The van der Waals surface area contributed by atoms with Crippen molar-refractivity contribution in [2.75, 3.05) is 0 Å².